The molecule has 1 atom stereocenters. The summed E-state index contributed by atoms with van der Waals surface area (Å²) in [5, 5.41) is 10.3. The quantitative estimate of drug-likeness (QED) is 0.612. The van der Waals surface area contributed by atoms with Crippen molar-refractivity contribution in [1.29, 1.82) is 0 Å². The van der Waals surface area contributed by atoms with Crippen LogP contribution in [-0.2, 0) is 19.0 Å². The third-order valence-electron chi connectivity index (χ3n) is 3.98. The maximum atomic E-state index is 12.1. The molecule has 1 fully saturated rings. The van der Waals surface area contributed by atoms with Crippen LogP contribution in [0, 0.1) is 5.41 Å². The Morgan fingerprint density at radius 3 is 2.26 bits per heavy atom. The molecule has 0 radical (unpaired) electrons. The summed E-state index contributed by atoms with van der Waals surface area (Å²) in [4.78, 5) is 25.4. The molecular formula is C16H29NO6. The molecule has 0 bridgehead atoms. The molecule has 0 spiro atoms. The van der Waals surface area contributed by atoms with Crippen LogP contribution in [0.25, 0.3) is 0 Å². The minimum atomic E-state index is -1.06. The Morgan fingerprint density at radius 1 is 1.26 bits per heavy atom. The highest BCUT2D eigenvalue weighted by Crippen LogP contribution is 2.39. The third kappa shape index (κ3) is 5.66. The lowest BCUT2D eigenvalue weighted by Gasteiger charge is -2.43. The van der Waals surface area contributed by atoms with Crippen molar-refractivity contribution in [3.05, 3.63) is 0 Å². The molecule has 1 amide bonds. The van der Waals surface area contributed by atoms with Gasteiger partial charge in [-0.2, -0.15) is 0 Å². The summed E-state index contributed by atoms with van der Waals surface area (Å²) in [5.41, 5.74) is -1.29. The fraction of sp³-hybridized carbons (Fsp3) is 0.875. The molecule has 7 nitrogen and oxygen atoms in total. The maximum Gasteiger partial charge on any atom is 0.410 e. The highest BCUT2D eigenvalue weighted by molar-refractivity contribution is 5.71. The first-order valence-corrected chi connectivity index (χ1v) is 7.98. The number of ether oxygens (including phenoxy) is 3. The number of nitrogens with zero attached hydrogens (tertiary/aromatic N) is 1. The van der Waals surface area contributed by atoms with E-state index in [4.69, 9.17) is 14.2 Å². The van der Waals surface area contributed by atoms with Gasteiger partial charge in [0.05, 0.1) is 13.5 Å². The molecule has 0 aromatic heterocycles. The van der Waals surface area contributed by atoms with Crippen LogP contribution in [-0.4, -0.2) is 60.8 Å². The molecule has 1 rings (SSSR count). The minimum absolute atomic E-state index is 0.0623. The van der Waals surface area contributed by atoms with Gasteiger partial charge in [-0.15, -0.1) is 0 Å². The number of carbonyl (C=O) groups is 2. The second-order valence-electron chi connectivity index (χ2n) is 6.89. The molecule has 0 saturated carbocycles. The number of esters is 1. The zero-order valence-corrected chi connectivity index (χ0v) is 14.8. The predicted octanol–water partition coefficient (Wildman–Crippen LogP) is 1.92. The Bertz CT molecular complexity index is 409. The molecule has 7 heteroatoms. The van der Waals surface area contributed by atoms with E-state index in [0.717, 1.165) is 0 Å². The highest BCUT2D eigenvalue weighted by Gasteiger charge is 2.45. The van der Waals surface area contributed by atoms with Crippen molar-refractivity contribution in [1.82, 2.24) is 4.90 Å². The third-order valence-corrected chi connectivity index (χ3v) is 3.98. The smallest absolute Gasteiger partial charge is 0.410 e. The van der Waals surface area contributed by atoms with Crippen LogP contribution in [0.2, 0.25) is 0 Å². The van der Waals surface area contributed by atoms with Gasteiger partial charge in [-0.25, -0.2) is 4.79 Å². The van der Waals surface area contributed by atoms with Gasteiger partial charge < -0.3 is 24.2 Å². The lowest BCUT2D eigenvalue weighted by atomic mass is 9.75. The summed E-state index contributed by atoms with van der Waals surface area (Å²) in [7, 11) is 1.32. The molecular weight excluding hydrogens is 302 g/mol. The lowest BCUT2D eigenvalue weighted by Crippen LogP contribution is -2.50. The summed E-state index contributed by atoms with van der Waals surface area (Å²) in [6, 6.07) is 0. The fourth-order valence-corrected chi connectivity index (χ4v) is 2.67. The van der Waals surface area contributed by atoms with Gasteiger partial charge in [-0.05, 0) is 40.5 Å². The average molecular weight is 331 g/mol. The van der Waals surface area contributed by atoms with Crippen LogP contribution >= 0.6 is 0 Å². The van der Waals surface area contributed by atoms with Crippen molar-refractivity contribution in [3.8, 4) is 0 Å². The Hall–Kier alpha value is -1.34. The summed E-state index contributed by atoms with van der Waals surface area (Å²) in [6.07, 6.45) is -0.486. The lowest BCUT2D eigenvalue weighted by molar-refractivity contribution is -0.195. The van der Waals surface area contributed by atoms with Gasteiger partial charge in [0, 0.05) is 25.1 Å². The molecule has 1 unspecified atom stereocenters. The molecule has 1 aliphatic rings. The SMILES string of the molecule is CCOC(O)C1(CC(=O)OC)CCN(C(=O)OC(C)(C)C)CC1. The Morgan fingerprint density at radius 2 is 1.83 bits per heavy atom. The number of carbonyl (C=O) groups excluding carboxylic acids is 2. The Kier molecular flexibility index (Phi) is 6.83. The first-order valence-electron chi connectivity index (χ1n) is 7.98. The highest BCUT2D eigenvalue weighted by atomic mass is 16.6. The zero-order valence-electron chi connectivity index (χ0n) is 14.8. The van der Waals surface area contributed by atoms with E-state index in [1.54, 1.807) is 11.8 Å². The number of likely N-dealkylation sites (tertiary alicyclic amines) is 1. The van der Waals surface area contributed by atoms with Crippen LogP contribution in [0.3, 0.4) is 0 Å². The number of hydrogen-bond donors (Lipinski definition) is 1. The molecule has 0 aromatic rings. The van der Waals surface area contributed by atoms with Crippen molar-refractivity contribution in [2.24, 2.45) is 5.41 Å². The Balaban J connectivity index is 2.75. The van der Waals surface area contributed by atoms with Crippen LogP contribution in [0.1, 0.15) is 47.0 Å². The van der Waals surface area contributed by atoms with Gasteiger partial charge in [0.2, 0.25) is 0 Å². The molecule has 1 N–H and O–H groups in total. The van der Waals surface area contributed by atoms with E-state index in [1.165, 1.54) is 7.11 Å². The number of aliphatic hydroxyl groups excluding tert-OH is 1. The summed E-state index contributed by atoms with van der Waals surface area (Å²) in [5.74, 6) is -0.394. The van der Waals surface area contributed by atoms with Crippen LogP contribution in [0.5, 0.6) is 0 Å². The standard InChI is InChI=1S/C16H29NO6/c1-6-22-13(19)16(11-12(18)21-5)7-9-17(10-8-16)14(20)23-15(2,3)4/h13,19H,6-11H2,1-5H3. The predicted molar refractivity (Wildman–Crippen MR) is 83.7 cm³/mol. The normalized spacial score (nSPS) is 19.1. The van der Waals surface area contributed by atoms with E-state index in [2.05, 4.69) is 0 Å². The molecule has 1 heterocycles. The van der Waals surface area contributed by atoms with Crippen molar-refractivity contribution >= 4 is 12.1 Å². The van der Waals surface area contributed by atoms with Gasteiger partial charge in [0.25, 0.3) is 0 Å². The van der Waals surface area contributed by atoms with Gasteiger partial charge in [0.15, 0.2) is 6.29 Å². The van der Waals surface area contributed by atoms with E-state index in [9.17, 15) is 14.7 Å². The Labute approximate surface area is 137 Å². The van der Waals surface area contributed by atoms with Gasteiger partial charge in [0.1, 0.15) is 5.60 Å². The largest absolute Gasteiger partial charge is 0.469 e. The van der Waals surface area contributed by atoms with Crippen molar-refractivity contribution < 1.29 is 28.9 Å². The number of amides is 1. The second-order valence-corrected chi connectivity index (χ2v) is 6.89. The topological polar surface area (TPSA) is 85.3 Å². The monoisotopic (exact) mass is 331 g/mol. The van der Waals surface area contributed by atoms with Gasteiger partial charge >= 0.3 is 12.1 Å². The molecule has 1 aliphatic heterocycles. The van der Waals surface area contributed by atoms with Crippen molar-refractivity contribution in [2.75, 3.05) is 26.8 Å². The van der Waals surface area contributed by atoms with E-state index in [0.29, 0.717) is 32.5 Å². The number of aliphatic hydroxyl groups is 1. The maximum absolute atomic E-state index is 12.1. The first kappa shape index (κ1) is 19.7. The second kappa shape index (κ2) is 7.97. The number of methoxy groups -OCH3 is 1. The first-order chi connectivity index (χ1) is 10.6. The molecule has 0 aromatic carbocycles. The average Bonchev–Trinajstić information content (AvgIpc) is 2.46. The summed E-state index contributed by atoms with van der Waals surface area (Å²) < 4.78 is 15.4. The zero-order chi connectivity index (χ0) is 17.7. The summed E-state index contributed by atoms with van der Waals surface area (Å²) >= 11 is 0. The van der Waals surface area contributed by atoms with Gasteiger partial charge in [-0.1, -0.05) is 0 Å². The van der Waals surface area contributed by atoms with Crippen LogP contribution in [0.15, 0.2) is 0 Å². The van der Waals surface area contributed by atoms with E-state index in [1.807, 2.05) is 20.8 Å². The van der Waals surface area contributed by atoms with E-state index < -0.39 is 23.3 Å². The van der Waals surface area contributed by atoms with Crippen LogP contribution in [0.4, 0.5) is 4.79 Å². The van der Waals surface area contributed by atoms with Crippen molar-refractivity contribution in [3.63, 3.8) is 0 Å². The number of piperidine rings is 1. The number of hydrogen-bond acceptors (Lipinski definition) is 6. The molecule has 134 valence electrons. The molecule has 0 aliphatic carbocycles. The minimum Gasteiger partial charge on any atom is -0.469 e. The molecule has 1 saturated heterocycles. The van der Waals surface area contributed by atoms with Crippen molar-refractivity contribution in [2.45, 2.75) is 58.8 Å². The van der Waals surface area contributed by atoms with E-state index in [-0.39, 0.29) is 12.5 Å². The fourth-order valence-electron chi connectivity index (χ4n) is 2.67. The van der Waals surface area contributed by atoms with Crippen LogP contribution < -0.4 is 0 Å². The van der Waals surface area contributed by atoms with E-state index >= 15 is 0 Å². The van der Waals surface area contributed by atoms with Gasteiger partial charge in [-0.3, -0.25) is 4.79 Å². The number of rotatable bonds is 5. The molecule has 23 heavy (non-hydrogen) atoms. The summed E-state index contributed by atoms with van der Waals surface area (Å²) in [6.45, 7) is 8.37.